The van der Waals surface area contributed by atoms with E-state index in [1.807, 2.05) is 23.6 Å². The lowest BCUT2D eigenvalue weighted by Gasteiger charge is -2.51. The Morgan fingerprint density at radius 2 is 1.05 bits per heavy atom. The number of benzene rings is 2. The number of fused-ring (bicyclic) bond motifs is 6. The number of nitrogens with zero attached hydrogens (tertiary/aromatic N) is 12. The normalized spacial score (nSPS) is 20.6. The van der Waals surface area contributed by atoms with Gasteiger partial charge in [0.15, 0.2) is 11.6 Å². The van der Waals surface area contributed by atoms with Crippen molar-refractivity contribution in [1.82, 2.24) is 39.0 Å². The van der Waals surface area contributed by atoms with E-state index >= 15 is 0 Å². The number of aromatic nitrogens is 8. The maximum absolute atomic E-state index is 14.4. The van der Waals surface area contributed by atoms with Crippen LogP contribution in [0.5, 0.6) is 0 Å². The second-order valence-electron chi connectivity index (χ2n) is 15.2. The van der Waals surface area contributed by atoms with Crippen LogP contribution >= 0.6 is 0 Å². The number of halogens is 4. The third-order valence-corrected chi connectivity index (χ3v) is 12.0. The molecular weight excluding hydrogens is 813 g/mol. The van der Waals surface area contributed by atoms with Gasteiger partial charge in [-0.2, -0.15) is 9.97 Å². The Morgan fingerprint density at radius 3 is 1.44 bits per heavy atom. The second kappa shape index (κ2) is 15.6. The van der Waals surface area contributed by atoms with E-state index < -0.39 is 34.3 Å². The molecule has 320 valence electrons. The van der Waals surface area contributed by atoms with Gasteiger partial charge in [0.05, 0.1) is 49.9 Å². The van der Waals surface area contributed by atoms with Crippen LogP contribution in [-0.2, 0) is 19.1 Å². The lowest BCUT2D eigenvalue weighted by molar-refractivity contribution is -0.129. The molecule has 4 aliphatic rings. The molecule has 0 N–H and O–H groups in total. The highest BCUT2D eigenvalue weighted by atomic mass is 19.1. The predicted octanol–water partition coefficient (Wildman–Crippen LogP) is 5.14. The number of carbonyl (C=O) groups excluding carboxylic acids is 2. The summed E-state index contributed by atoms with van der Waals surface area (Å²) >= 11 is 0. The van der Waals surface area contributed by atoms with Crippen molar-refractivity contribution in [2.45, 2.75) is 37.8 Å². The number of amides is 2. The molecule has 0 spiro atoms. The molecule has 10 rings (SSSR count). The summed E-state index contributed by atoms with van der Waals surface area (Å²) < 4.78 is 69.9. The Bertz CT molecular complexity index is 2550. The number of hydrogen-bond donors (Lipinski definition) is 0. The molecule has 8 heterocycles. The van der Waals surface area contributed by atoms with Crippen LogP contribution in [0.2, 0.25) is 0 Å². The molecule has 20 heteroatoms. The van der Waals surface area contributed by atoms with Gasteiger partial charge in [-0.05, 0) is 37.1 Å². The zero-order valence-electron chi connectivity index (χ0n) is 34.1. The van der Waals surface area contributed by atoms with Gasteiger partial charge in [0.2, 0.25) is 11.9 Å². The number of hydrogen-bond acceptors (Lipinski definition) is 12. The highest BCUT2D eigenvalue weighted by Crippen LogP contribution is 2.43. The lowest BCUT2D eigenvalue weighted by atomic mass is 9.89. The molecule has 2 atom stereocenters. The number of ether oxygens (including phenoxy) is 2. The Kier molecular flexibility index (Phi) is 10.2. The van der Waals surface area contributed by atoms with Gasteiger partial charge in [0.25, 0.3) is 11.8 Å². The summed E-state index contributed by atoms with van der Waals surface area (Å²) in [5.74, 6) is -0.645. The Balaban J connectivity index is 0.000000158. The van der Waals surface area contributed by atoms with Gasteiger partial charge in [-0.1, -0.05) is 13.8 Å². The Hall–Kier alpha value is -6.80. The summed E-state index contributed by atoms with van der Waals surface area (Å²) in [6.45, 7) is 6.45. The fraction of sp³-hybridized carbons (Fsp3) is 0.333. The van der Waals surface area contributed by atoms with Crippen molar-refractivity contribution in [2.24, 2.45) is 0 Å². The van der Waals surface area contributed by atoms with E-state index in [1.165, 1.54) is 36.7 Å². The van der Waals surface area contributed by atoms with Crippen molar-refractivity contribution < 1.29 is 36.6 Å². The van der Waals surface area contributed by atoms with Crippen LogP contribution in [0.1, 0.15) is 26.7 Å². The molecule has 16 nitrogen and oxygen atoms in total. The summed E-state index contributed by atoms with van der Waals surface area (Å²) in [5, 5.41) is 0. The van der Waals surface area contributed by atoms with Crippen LogP contribution in [0, 0.1) is 23.3 Å². The second-order valence-corrected chi connectivity index (χ2v) is 15.2. The maximum Gasteiger partial charge on any atom is 0.255 e. The number of carbonyl (C=O) groups is 2. The molecule has 0 radical (unpaired) electrons. The van der Waals surface area contributed by atoms with E-state index in [9.17, 15) is 27.2 Å². The van der Waals surface area contributed by atoms with Gasteiger partial charge in [-0.15, -0.1) is 0 Å². The van der Waals surface area contributed by atoms with Crippen LogP contribution < -0.4 is 19.6 Å². The molecule has 0 aliphatic carbocycles. The van der Waals surface area contributed by atoms with E-state index in [2.05, 4.69) is 19.9 Å². The van der Waals surface area contributed by atoms with Crippen molar-refractivity contribution in [3.63, 3.8) is 0 Å². The van der Waals surface area contributed by atoms with Gasteiger partial charge in [-0.25, -0.2) is 37.5 Å². The van der Waals surface area contributed by atoms with Crippen LogP contribution in [0.3, 0.4) is 0 Å². The van der Waals surface area contributed by atoms with E-state index in [-0.39, 0.29) is 59.7 Å². The van der Waals surface area contributed by atoms with E-state index in [1.54, 1.807) is 57.8 Å². The number of morpholine rings is 2. The standard InChI is InChI=1S/2C21H20F2N6O2/c2*1-3-21-12-31-9-8-29(21)18-16(27(2)19(21)30)11-25-20(26-18)28-7-6-24-17(28)14-5-4-13(22)10-15(14)23/h2*4-7,10-11H,3,8-9,12H2,1-2H3/t2*21-/m10/s1. The first-order valence-electron chi connectivity index (χ1n) is 19.9. The number of imidazole rings is 2. The minimum absolute atomic E-state index is 0.0600. The predicted molar refractivity (Wildman–Crippen MR) is 218 cm³/mol. The monoisotopic (exact) mass is 852 g/mol. The minimum Gasteiger partial charge on any atom is -0.377 e. The SMILES string of the molecule is CC[C@@]12COCCN1c1nc(-n3ccnc3-c3ccc(F)cc3F)ncc1N(C)C2=O.CC[C@]12COCCN1c1nc(-n3ccnc3-c3ccc(F)cc3F)ncc1N(C)C2=O. The molecule has 2 aromatic carbocycles. The van der Waals surface area contributed by atoms with Crippen molar-refractivity contribution in [3.05, 3.63) is 96.8 Å². The molecule has 4 aliphatic heterocycles. The van der Waals surface area contributed by atoms with E-state index in [4.69, 9.17) is 19.4 Å². The van der Waals surface area contributed by atoms with Gasteiger partial charge >= 0.3 is 0 Å². The first-order chi connectivity index (χ1) is 29.9. The van der Waals surface area contributed by atoms with E-state index in [0.29, 0.717) is 62.2 Å². The summed E-state index contributed by atoms with van der Waals surface area (Å²) in [6, 6.07) is 6.64. The maximum atomic E-state index is 14.4. The molecule has 6 aromatic rings. The summed E-state index contributed by atoms with van der Waals surface area (Å²) in [4.78, 5) is 60.1. The molecule has 0 unspecified atom stereocenters. The Labute approximate surface area is 352 Å². The van der Waals surface area contributed by atoms with Crippen LogP contribution in [0.25, 0.3) is 34.7 Å². The van der Waals surface area contributed by atoms with Gasteiger partial charge in [0, 0.05) is 64.1 Å². The molecule has 2 fully saturated rings. The fourth-order valence-electron chi connectivity index (χ4n) is 8.57. The molecular formula is C42H40F4N12O4. The smallest absolute Gasteiger partial charge is 0.255 e. The van der Waals surface area contributed by atoms with Gasteiger partial charge < -0.3 is 29.1 Å². The minimum atomic E-state index is -0.827. The zero-order valence-corrected chi connectivity index (χ0v) is 34.1. The third kappa shape index (κ3) is 6.34. The van der Waals surface area contributed by atoms with Crippen LogP contribution in [-0.4, -0.2) is 116 Å². The van der Waals surface area contributed by atoms with Crippen LogP contribution in [0.4, 0.5) is 40.6 Å². The van der Waals surface area contributed by atoms with Crippen molar-refractivity contribution in [2.75, 3.05) is 73.2 Å². The fourth-order valence-corrected chi connectivity index (χ4v) is 8.57. The zero-order chi connectivity index (χ0) is 43.5. The first-order valence-corrected chi connectivity index (χ1v) is 19.9. The number of anilines is 4. The van der Waals surface area contributed by atoms with Gasteiger partial charge in [-0.3, -0.25) is 18.7 Å². The topological polar surface area (TPSA) is 153 Å². The largest absolute Gasteiger partial charge is 0.377 e. The average Bonchev–Trinajstić information content (AvgIpc) is 3.98. The van der Waals surface area contributed by atoms with Crippen molar-refractivity contribution in [1.29, 1.82) is 0 Å². The lowest BCUT2D eigenvalue weighted by Crippen LogP contribution is -2.68. The van der Waals surface area contributed by atoms with Gasteiger partial charge in [0.1, 0.15) is 57.4 Å². The molecule has 62 heavy (non-hydrogen) atoms. The summed E-state index contributed by atoms with van der Waals surface area (Å²) in [6.07, 6.45) is 10.5. The molecule has 4 aromatic heterocycles. The number of rotatable bonds is 6. The third-order valence-electron chi connectivity index (χ3n) is 12.0. The van der Waals surface area contributed by atoms with Crippen molar-refractivity contribution >= 4 is 34.8 Å². The molecule has 2 amide bonds. The highest BCUT2D eigenvalue weighted by molar-refractivity contribution is 6.08. The number of likely N-dealkylation sites (N-methyl/N-ethyl adjacent to an activating group) is 2. The molecule has 0 bridgehead atoms. The summed E-state index contributed by atoms with van der Waals surface area (Å²) in [5.41, 5.74) is -0.203. The molecule has 0 saturated carbocycles. The first kappa shape index (κ1) is 40.6. The quantitative estimate of drug-likeness (QED) is 0.204. The average molecular weight is 853 g/mol. The summed E-state index contributed by atoms with van der Waals surface area (Å²) in [7, 11) is 3.40. The Morgan fingerprint density at radius 1 is 0.629 bits per heavy atom. The van der Waals surface area contributed by atoms with Crippen molar-refractivity contribution in [3.8, 4) is 34.7 Å². The van der Waals surface area contributed by atoms with Crippen LogP contribution in [0.15, 0.2) is 73.6 Å². The highest BCUT2D eigenvalue weighted by Gasteiger charge is 2.53. The molecule has 2 saturated heterocycles. The van der Waals surface area contributed by atoms with E-state index in [0.717, 1.165) is 12.1 Å².